The van der Waals surface area contributed by atoms with Crippen molar-refractivity contribution in [2.45, 2.75) is 6.92 Å². The summed E-state index contributed by atoms with van der Waals surface area (Å²) in [6.07, 6.45) is 1.48. The monoisotopic (exact) mass is 263 g/mol. The van der Waals surface area contributed by atoms with Gasteiger partial charge in [0.05, 0.1) is 31.2 Å². The molecule has 0 radical (unpaired) electrons. The first-order chi connectivity index (χ1) is 9.17. The Morgan fingerprint density at radius 2 is 2.16 bits per heavy atom. The van der Waals surface area contributed by atoms with Crippen LogP contribution in [0.15, 0.2) is 28.9 Å². The summed E-state index contributed by atoms with van der Waals surface area (Å²) < 4.78 is 14.8. The van der Waals surface area contributed by atoms with Gasteiger partial charge in [-0.2, -0.15) is 0 Å². The summed E-state index contributed by atoms with van der Waals surface area (Å²) in [7, 11) is 1.26. The first-order valence-electron chi connectivity index (χ1n) is 5.69. The van der Waals surface area contributed by atoms with Gasteiger partial charge >= 0.3 is 11.9 Å². The van der Waals surface area contributed by atoms with Gasteiger partial charge in [-0.05, 0) is 25.1 Å². The van der Waals surface area contributed by atoms with Crippen LogP contribution in [0.3, 0.4) is 0 Å². The minimum Gasteiger partial charge on any atom is -0.464 e. The van der Waals surface area contributed by atoms with Gasteiger partial charge < -0.3 is 18.9 Å². The van der Waals surface area contributed by atoms with E-state index >= 15 is 0 Å². The summed E-state index contributed by atoms with van der Waals surface area (Å²) >= 11 is 0. The Balaban J connectivity index is 2.47. The lowest BCUT2D eigenvalue weighted by Crippen LogP contribution is -2.04. The number of esters is 2. The third-order valence-electron chi connectivity index (χ3n) is 2.49. The number of methoxy groups -OCH3 is 1. The molecule has 100 valence electrons. The van der Waals surface area contributed by atoms with E-state index in [0.29, 0.717) is 11.5 Å². The number of H-pyrrole nitrogens is 1. The smallest absolute Gasteiger partial charge is 0.354 e. The van der Waals surface area contributed by atoms with Crippen molar-refractivity contribution in [1.29, 1.82) is 0 Å². The standard InChI is InChI=1S/C13H13NO5/c1-3-18-12(15)8-7-9(13(16)17-2)14-11(8)10-5-4-6-19-10/h4-7,14H,3H2,1-2H3. The second-order valence-electron chi connectivity index (χ2n) is 3.66. The van der Waals surface area contributed by atoms with E-state index in [0.717, 1.165) is 0 Å². The predicted molar refractivity (Wildman–Crippen MR) is 65.8 cm³/mol. The number of rotatable bonds is 4. The number of carbonyl (C=O) groups is 2. The van der Waals surface area contributed by atoms with Gasteiger partial charge in [0.15, 0.2) is 5.76 Å². The maximum Gasteiger partial charge on any atom is 0.354 e. The number of furan rings is 1. The Kier molecular flexibility index (Phi) is 3.70. The van der Waals surface area contributed by atoms with Crippen molar-refractivity contribution in [3.63, 3.8) is 0 Å². The summed E-state index contributed by atoms with van der Waals surface area (Å²) in [5, 5.41) is 0. The highest BCUT2D eigenvalue weighted by atomic mass is 16.5. The highest BCUT2D eigenvalue weighted by Gasteiger charge is 2.22. The Morgan fingerprint density at radius 3 is 2.74 bits per heavy atom. The average Bonchev–Trinajstić information content (AvgIpc) is 3.06. The summed E-state index contributed by atoms with van der Waals surface area (Å²) in [6, 6.07) is 4.75. The quantitative estimate of drug-likeness (QED) is 0.855. The van der Waals surface area contributed by atoms with E-state index in [4.69, 9.17) is 9.15 Å². The van der Waals surface area contributed by atoms with Gasteiger partial charge in [0.25, 0.3) is 0 Å². The van der Waals surface area contributed by atoms with Gasteiger partial charge in [0, 0.05) is 0 Å². The zero-order valence-electron chi connectivity index (χ0n) is 10.6. The van der Waals surface area contributed by atoms with Crippen molar-refractivity contribution < 1.29 is 23.5 Å². The molecule has 1 N–H and O–H groups in total. The van der Waals surface area contributed by atoms with Gasteiger partial charge in [-0.1, -0.05) is 0 Å². The molecule has 0 saturated carbocycles. The second kappa shape index (κ2) is 5.43. The van der Waals surface area contributed by atoms with Crippen LogP contribution in [0, 0.1) is 0 Å². The molecular formula is C13H13NO5. The van der Waals surface area contributed by atoms with Gasteiger partial charge in [-0.15, -0.1) is 0 Å². The predicted octanol–water partition coefficient (Wildman–Crippen LogP) is 2.24. The molecule has 6 nitrogen and oxygen atoms in total. The fraction of sp³-hybridized carbons (Fsp3) is 0.231. The largest absolute Gasteiger partial charge is 0.464 e. The lowest BCUT2D eigenvalue weighted by molar-refractivity contribution is 0.0527. The van der Waals surface area contributed by atoms with Crippen molar-refractivity contribution >= 4 is 11.9 Å². The molecule has 0 amide bonds. The molecule has 2 rings (SSSR count). The molecule has 2 aromatic rings. The second-order valence-corrected chi connectivity index (χ2v) is 3.66. The maximum absolute atomic E-state index is 11.8. The minimum atomic E-state index is -0.566. The normalized spacial score (nSPS) is 10.2. The van der Waals surface area contributed by atoms with Crippen LogP contribution in [0.2, 0.25) is 0 Å². The summed E-state index contributed by atoms with van der Waals surface area (Å²) in [5.41, 5.74) is 0.790. The van der Waals surface area contributed by atoms with Crippen LogP contribution in [0.4, 0.5) is 0 Å². The first kappa shape index (κ1) is 12.9. The number of carbonyl (C=O) groups excluding carboxylic acids is 2. The Labute approximate surface area is 109 Å². The number of hydrogen-bond donors (Lipinski definition) is 1. The van der Waals surface area contributed by atoms with E-state index in [1.165, 1.54) is 19.4 Å². The highest BCUT2D eigenvalue weighted by molar-refractivity contribution is 6.00. The van der Waals surface area contributed by atoms with Crippen molar-refractivity contribution in [2.75, 3.05) is 13.7 Å². The Hall–Kier alpha value is -2.50. The number of aromatic nitrogens is 1. The van der Waals surface area contributed by atoms with E-state index in [-0.39, 0.29) is 17.9 Å². The molecule has 0 spiro atoms. The molecule has 0 aliphatic heterocycles. The van der Waals surface area contributed by atoms with Crippen LogP contribution in [0.1, 0.15) is 27.8 Å². The van der Waals surface area contributed by atoms with Crippen LogP contribution in [0.25, 0.3) is 11.5 Å². The lowest BCUT2D eigenvalue weighted by Gasteiger charge is -2.01. The van der Waals surface area contributed by atoms with E-state index in [1.54, 1.807) is 19.1 Å². The molecule has 0 aliphatic carbocycles. The van der Waals surface area contributed by atoms with Gasteiger partial charge in [-0.25, -0.2) is 9.59 Å². The first-order valence-corrected chi connectivity index (χ1v) is 5.69. The number of aromatic amines is 1. The third-order valence-corrected chi connectivity index (χ3v) is 2.49. The van der Waals surface area contributed by atoms with Gasteiger partial charge in [0.1, 0.15) is 5.69 Å². The van der Waals surface area contributed by atoms with E-state index < -0.39 is 11.9 Å². The lowest BCUT2D eigenvalue weighted by atomic mass is 10.2. The van der Waals surface area contributed by atoms with Crippen LogP contribution in [0.5, 0.6) is 0 Å². The maximum atomic E-state index is 11.8. The van der Waals surface area contributed by atoms with Crippen molar-refractivity contribution in [3.8, 4) is 11.5 Å². The molecule has 0 bridgehead atoms. The van der Waals surface area contributed by atoms with Crippen LogP contribution in [-0.2, 0) is 9.47 Å². The Morgan fingerprint density at radius 1 is 1.37 bits per heavy atom. The molecule has 6 heteroatoms. The third kappa shape index (κ3) is 2.52. The average molecular weight is 263 g/mol. The summed E-state index contributed by atoms with van der Waals surface area (Å²) in [4.78, 5) is 26.1. The van der Waals surface area contributed by atoms with Crippen LogP contribution >= 0.6 is 0 Å². The molecule has 0 aliphatic rings. The highest BCUT2D eigenvalue weighted by Crippen LogP contribution is 2.25. The van der Waals surface area contributed by atoms with E-state index in [2.05, 4.69) is 9.72 Å². The topological polar surface area (TPSA) is 81.5 Å². The molecule has 2 aromatic heterocycles. The molecule has 0 aromatic carbocycles. The SMILES string of the molecule is CCOC(=O)c1cc(C(=O)OC)[nH]c1-c1ccco1. The van der Waals surface area contributed by atoms with Crippen molar-refractivity contribution in [3.05, 3.63) is 35.7 Å². The molecule has 0 atom stereocenters. The molecule has 0 unspecified atom stereocenters. The van der Waals surface area contributed by atoms with Crippen LogP contribution in [-0.4, -0.2) is 30.6 Å². The summed E-state index contributed by atoms with van der Waals surface area (Å²) in [5.74, 6) is -0.651. The van der Waals surface area contributed by atoms with Gasteiger partial charge in [-0.3, -0.25) is 0 Å². The number of hydrogen-bond acceptors (Lipinski definition) is 5. The van der Waals surface area contributed by atoms with E-state index in [9.17, 15) is 9.59 Å². The Bertz CT molecular complexity index is 582. The zero-order valence-corrected chi connectivity index (χ0v) is 10.6. The van der Waals surface area contributed by atoms with Gasteiger partial charge in [0.2, 0.25) is 0 Å². The van der Waals surface area contributed by atoms with Crippen molar-refractivity contribution in [2.24, 2.45) is 0 Å². The molecular weight excluding hydrogens is 250 g/mol. The molecule has 0 fully saturated rings. The fourth-order valence-electron chi connectivity index (χ4n) is 1.66. The van der Waals surface area contributed by atoms with Crippen LogP contribution < -0.4 is 0 Å². The molecule has 2 heterocycles. The van der Waals surface area contributed by atoms with Crippen molar-refractivity contribution in [1.82, 2.24) is 4.98 Å². The number of nitrogens with one attached hydrogen (secondary N) is 1. The minimum absolute atomic E-state index is 0.164. The van der Waals surface area contributed by atoms with E-state index in [1.807, 2.05) is 0 Å². The number of ether oxygens (including phenoxy) is 2. The zero-order chi connectivity index (χ0) is 13.8. The molecule has 0 saturated heterocycles. The fourth-order valence-corrected chi connectivity index (χ4v) is 1.66. The molecule has 19 heavy (non-hydrogen) atoms. The summed E-state index contributed by atoms with van der Waals surface area (Å²) in [6.45, 7) is 1.95.